The van der Waals surface area contributed by atoms with Gasteiger partial charge in [0.1, 0.15) is 0 Å². The second-order valence-corrected chi connectivity index (χ2v) is 6.69. The van der Waals surface area contributed by atoms with E-state index < -0.39 is 0 Å². The Hall–Kier alpha value is -0.870. The average molecular weight is 292 g/mol. The van der Waals surface area contributed by atoms with Crippen LogP contribution in [0.3, 0.4) is 0 Å². The molecule has 1 fully saturated rings. The van der Waals surface area contributed by atoms with Gasteiger partial charge in [0.05, 0.1) is 6.20 Å². The van der Waals surface area contributed by atoms with Gasteiger partial charge in [-0.25, -0.2) is 0 Å². The summed E-state index contributed by atoms with van der Waals surface area (Å²) >= 11 is 0. The van der Waals surface area contributed by atoms with E-state index in [1.165, 1.54) is 50.2 Å². The fraction of sp³-hybridized carbons (Fsp3) is 0.824. The molecular formula is C17H32N4. The topological polar surface area (TPSA) is 33.1 Å². The Morgan fingerprint density at radius 2 is 2.19 bits per heavy atom. The van der Waals surface area contributed by atoms with Crippen molar-refractivity contribution in [3.63, 3.8) is 0 Å². The minimum atomic E-state index is 0.371. The first-order valence-electron chi connectivity index (χ1n) is 8.49. The van der Waals surface area contributed by atoms with Crippen molar-refractivity contribution in [3.8, 4) is 0 Å². The number of hydrogen-bond donors (Lipinski definition) is 1. The molecule has 120 valence electrons. The van der Waals surface area contributed by atoms with Crippen molar-refractivity contribution >= 4 is 0 Å². The second-order valence-electron chi connectivity index (χ2n) is 6.69. The number of aryl methyl sites for hydroxylation is 1. The molecule has 0 spiro atoms. The van der Waals surface area contributed by atoms with E-state index in [2.05, 4.69) is 43.0 Å². The van der Waals surface area contributed by atoms with E-state index in [0.717, 1.165) is 5.92 Å². The Kier molecular flexibility index (Phi) is 5.82. The summed E-state index contributed by atoms with van der Waals surface area (Å²) in [5.41, 5.74) is 2.59. The summed E-state index contributed by atoms with van der Waals surface area (Å²) in [6.07, 6.45) is 5.97. The molecule has 21 heavy (non-hydrogen) atoms. The maximum absolute atomic E-state index is 4.36. The predicted octanol–water partition coefficient (Wildman–Crippen LogP) is 2.89. The molecule has 1 aliphatic rings. The van der Waals surface area contributed by atoms with Crippen LogP contribution in [0.1, 0.15) is 57.3 Å². The number of hydrogen-bond acceptors (Lipinski definition) is 3. The SMILES string of the molecule is CCCN1CCCC(C(C)NC(C)c2cnn(C)c2C)C1. The van der Waals surface area contributed by atoms with Gasteiger partial charge in [0.25, 0.3) is 0 Å². The number of piperidine rings is 1. The van der Waals surface area contributed by atoms with Crippen LogP contribution in [0.25, 0.3) is 0 Å². The molecule has 1 N–H and O–H groups in total. The van der Waals surface area contributed by atoms with Gasteiger partial charge in [0.15, 0.2) is 0 Å². The number of aromatic nitrogens is 2. The van der Waals surface area contributed by atoms with E-state index in [-0.39, 0.29) is 0 Å². The molecule has 0 aromatic carbocycles. The van der Waals surface area contributed by atoms with Gasteiger partial charge in [-0.2, -0.15) is 5.10 Å². The molecule has 4 nitrogen and oxygen atoms in total. The maximum atomic E-state index is 4.36. The van der Waals surface area contributed by atoms with Crippen molar-refractivity contribution < 1.29 is 0 Å². The molecule has 2 heterocycles. The summed E-state index contributed by atoms with van der Waals surface area (Å²) in [6, 6.07) is 0.925. The molecule has 1 aromatic heterocycles. The summed E-state index contributed by atoms with van der Waals surface area (Å²) < 4.78 is 1.96. The highest BCUT2D eigenvalue weighted by atomic mass is 15.3. The molecule has 1 aliphatic heterocycles. The van der Waals surface area contributed by atoms with Crippen LogP contribution in [0, 0.1) is 12.8 Å². The Morgan fingerprint density at radius 3 is 2.81 bits per heavy atom. The van der Waals surface area contributed by atoms with Crippen molar-refractivity contribution in [2.75, 3.05) is 19.6 Å². The van der Waals surface area contributed by atoms with Gasteiger partial charge in [0, 0.05) is 36.9 Å². The van der Waals surface area contributed by atoms with Crippen molar-refractivity contribution in [1.82, 2.24) is 20.0 Å². The van der Waals surface area contributed by atoms with E-state index in [1.807, 2.05) is 17.9 Å². The third-order valence-electron chi connectivity index (χ3n) is 5.04. The zero-order valence-electron chi connectivity index (χ0n) is 14.4. The molecule has 0 aliphatic carbocycles. The van der Waals surface area contributed by atoms with Crippen LogP contribution in [-0.2, 0) is 7.05 Å². The highest BCUT2D eigenvalue weighted by Crippen LogP contribution is 2.23. The summed E-state index contributed by atoms with van der Waals surface area (Å²) in [5.74, 6) is 0.768. The summed E-state index contributed by atoms with van der Waals surface area (Å²) in [6.45, 7) is 12.8. The standard InChI is InChI=1S/C17H32N4/c1-6-9-21-10-7-8-16(12-21)13(2)19-14(3)17-11-18-20(5)15(17)4/h11,13-14,16,19H,6-10,12H2,1-5H3. The lowest BCUT2D eigenvalue weighted by atomic mass is 9.90. The molecule has 3 unspecified atom stereocenters. The molecule has 4 heteroatoms. The van der Waals surface area contributed by atoms with Crippen LogP contribution >= 0.6 is 0 Å². The molecule has 3 atom stereocenters. The van der Waals surface area contributed by atoms with E-state index in [0.29, 0.717) is 12.1 Å². The fourth-order valence-electron chi connectivity index (χ4n) is 3.58. The van der Waals surface area contributed by atoms with Crippen LogP contribution in [-0.4, -0.2) is 40.4 Å². The Morgan fingerprint density at radius 1 is 1.43 bits per heavy atom. The van der Waals surface area contributed by atoms with E-state index >= 15 is 0 Å². The van der Waals surface area contributed by atoms with E-state index in [1.54, 1.807) is 0 Å². The zero-order chi connectivity index (χ0) is 15.4. The van der Waals surface area contributed by atoms with E-state index in [9.17, 15) is 0 Å². The van der Waals surface area contributed by atoms with Gasteiger partial charge in [-0.1, -0.05) is 6.92 Å². The first-order chi connectivity index (χ1) is 10.0. The number of nitrogens with zero attached hydrogens (tertiary/aromatic N) is 3. The van der Waals surface area contributed by atoms with Gasteiger partial charge < -0.3 is 10.2 Å². The molecule has 1 aromatic rings. The highest BCUT2D eigenvalue weighted by Gasteiger charge is 2.25. The summed E-state index contributed by atoms with van der Waals surface area (Å²) in [7, 11) is 2.01. The molecule has 0 amide bonds. The van der Waals surface area contributed by atoms with Crippen molar-refractivity contribution in [3.05, 3.63) is 17.5 Å². The molecule has 1 saturated heterocycles. The maximum Gasteiger partial charge on any atom is 0.0540 e. The zero-order valence-corrected chi connectivity index (χ0v) is 14.4. The van der Waals surface area contributed by atoms with Crippen molar-refractivity contribution in [1.29, 1.82) is 0 Å². The summed E-state index contributed by atoms with van der Waals surface area (Å²) in [4.78, 5) is 2.63. The Labute approximate surface area is 129 Å². The Bertz CT molecular complexity index is 438. The smallest absolute Gasteiger partial charge is 0.0540 e. The third kappa shape index (κ3) is 4.07. The second kappa shape index (κ2) is 7.41. The minimum absolute atomic E-state index is 0.371. The Balaban J connectivity index is 1.91. The number of nitrogens with one attached hydrogen (secondary N) is 1. The quantitative estimate of drug-likeness (QED) is 0.875. The van der Waals surface area contributed by atoms with Gasteiger partial charge in [-0.05, 0) is 59.0 Å². The normalized spacial score (nSPS) is 23.2. The average Bonchev–Trinajstić information content (AvgIpc) is 2.79. The van der Waals surface area contributed by atoms with Gasteiger partial charge >= 0.3 is 0 Å². The van der Waals surface area contributed by atoms with Crippen molar-refractivity contribution in [2.24, 2.45) is 13.0 Å². The van der Waals surface area contributed by atoms with Crippen LogP contribution in [0.5, 0.6) is 0 Å². The predicted molar refractivity (Wildman–Crippen MR) is 88.4 cm³/mol. The molecular weight excluding hydrogens is 260 g/mol. The number of rotatable bonds is 6. The fourth-order valence-corrected chi connectivity index (χ4v) is 3.58. The third-order valence-corrected chi connectivity index (χ3v) is 5.04. The van der Waals surface area contributed by atoms with Crippen molar-refractivity contribution in [2.45, 2.75) is 59.0 Å². The minimum Gasteiger partial charge on any atom is -0.307 e. The molecule has 0 bridgehead atoms. The monoisotopic (exact) mass is 292 g/mol. The highest BCUT2D eigenvalue weighted by molar-refractivity contribution is 5.19. The van der Waals surface area contributed by atoms with Crippen LogP contribution in [0.2, 0.25) is 0 Å². The number of likely N-dealkylation sites (tertiary alicyclic amines) is 1. The lowest BCUT2D eigenvalue weighted by Gasteiger charge is -2.37. The molecule has 0 saturated carbocycles. The van der Waals surface area contributed by atoms with Gasteiger partial charge in [0.2, 0.25) is 0 Å². The van der Waals surface area contributed by atoms with Crippen LogP contribution in [0.15, 0.2) is 6.20 Å². The first kappa shape index (κ1) is 16.5. The van der Waals surface area contributed by atoms with Gasteiger partial charge in [-0.3, -0.25) is 4.68 Å². The largest absolute Gasteiger partial charge is 0.307 e. The van der Waals surface area contributed by atoms with Crippen LogP contribution in [0.4, 0.5) is 0 Å². The summed E-state index contributed by atoms with van der Waals surface area (Å²) in [5, 5.41) is 8.16. The van der Waals surface area contributed by atoms with Crippen LogP contribution < -0.4 is 5.32 Å². The van der Waals surface area contributed by atoms with E-state index in [4.69, 9.17) is 0 Å². The lowest BCUT2D eigenvalue weighted by Crippen LogP contribution is -2.45. The lowest BCUT2D eigenvalue weighted by molar-refractivity contribution is 0.147. The van der Waals surface area contributed by atoms with Gasteiger partial charge in [-0.15, -0.1) is 0 Å². The molecule has 2 rings (SSSR count). The first-order valence-corrected chi connectivity index (χ1v) is 8.49. The molecule has 0 radical (unpaired) electrons.